The lowest BCUT2D eigenvalue weighted by Gasteiger charge is -2.34. The van der Waals surface area contributed by atoms with E-state index < -0.39 is 0 Å². The van der Waals surface area contributed by atoms with Gasteiger partial charge in [-0.15, -0.1) is 0 Å². The molecule has 7 atom stereocenters. The molecule has 7 unspecified atom stereocenters. The molecular formula is C15H24O3. The number of rotatable bonds is 3. The summed E-state index contributed by atoms with van der Waals surface area (Å²) in [5.41, 5.74) is 0. The Morgan fingerprint density at radius 3 is 2.56 bits per heavy atom. The Morgan fingerprint density at radius 2 is 1.83 bits per heavy atom. The zero-order chi connectivity index (χ0) is 12.9. The fraction of sp³-hybridized carbons (Fsp3) is 0.933. The van der Waals surface area contributed by atoms with Gasteiger partial charge in [-0.2, -0.15) is 0 Å². The van der Waals surface area contributed by atoms with Crippen LogP contribution in [-0.4, -0.2) is 18.9 Å². The van der Waals surface area contributed by atoms with E-state index in [-0.39, 0.29) is 12.8 Å². The van der Waals surface area contributed by atoms with E-state index in [0.717, 1.165) is 35.5 Å². The number of carbonyl (C=O) groups is 1. The molecule has 3 heteroatoms. The molecule has 2 bridgehead atoms. The molecule has 3 saturated carbocycles. The minimum atomic E-state index is -0.251. The molecular weight excluding hydrogens is 228 g/mol. The van der Waals surface area contributed by atoms with Crippen molar-refractivity contribution in [3.8, 4) is 0 Å². The topological polar surface area (TPSA) is 35.5 Å². The summed E-state index contributed by atoms with van der Waals surface area (Å²) in [6.45, 7) is 6.41. The predicted octanol–water partition coefficient (Wildman–Crippen LogP) is 2.84. The molecule has 3 aliphatic rings. The van der Waals surface area contributed by atoms with Crippen LogP contribution in [0.5, 0.6) is 0 Å². The highest BCUT2D eigenvalue weighted by atomic mass is 16.7. The van der Waals surface area contributed by atoms with Crippen molar-refractivity contribution in [2.24, 2.45) is 35.5 Å². The van der Waals surface area contributed by atoms with Gasteiger partial charge in [0, 0.05) is 6.92 Å². The number of carbonyl (C=O) groups excluding carboxylic acids is 1. The van der Waals surface area contributed by atoms with Gasteiger partial charge in [-0.3, -0.25) is 4.79 Å². The van der Waals surface area contributed by atoms with Gasteiger partial charge in [-0.05, 0) is 54.8 Å². The molecule has 0 aromatic carbocycles. The molecule has 0 aromatic heterocycles. The summed E-state index contributed by atoms with van der Waals surface area (Å²) in [7, 11) is 0. The highest BCUT2D eigenvalue weighted by molar-refractivity contribution is 5.65. The van der Waals surface area contributed by atoms with Crippen molar-refractivity contribution in [3.05, 3.63) is 0 Å². The summed E-state index contributed by atoms with van der Waals surface area (Å²) in [5.74, 6) is 4.88. The molecule has 0 N–H and O–H groups in total. The number of hydrogen-bond donors (Lipinski definition) is 0. The van der Waals surface area contributed by atoms with Gasteiger partial charge < -0.3 is 9.47 Å². The Kier molecular flexibility index (Phi) is 3.13. The first-order valence-electron chi connectivity index (χ1n) is 7.33. The Labute approximate surface area is 109 Å². The molecule has 3 rings (SSSR count). The third kappa shape index (κ3) is 1.87. The summed E-state index contributed by atoms with van der Waals surface area (Å²) in [6, 6.07) is 0. The van der Waals surface area contributed by atoms with E-state index in [4.69, 9.17) is 9.47 Å². The van der Waals surface area contributed by atoms with Crippen LogP contribution in [0.3, 0.4) is 0 Å². The molecule has 3 fully saturated rings. The molecule has 0 spiro atoms. The minimum absolute atomic E-state index is 0.143. The third-order valence-electron chi connectivity index (χ3n) is 5.67. The molecule has 0 radical (unpaired) electrons. The Balaban J connectivity index is 1.61. The van der Waals surface area contributed by atoms with Crippen molar-refractivity contribution in [1.29, 1.82) is 0 Å². The van der Waals surface area contributed by atoms with Gasteiger partial charge >= 0.3 is 5.97 Å². The number of fused-ring (bicyclic) bond motifs is 5. The van der Waals surface area contributed by atoms with E-state index in [1.54, 1.807) is 0 Å². The number of ether oxygens (including phenoxy) is 2. The average Bonchev–Trinajstić information content (AvgIpc) is 2.91. The van der Waals surface area contributed by atoms with Crippen LogP contribution in [0, 0.1) is 35.5 Å². The molecule has 0 aliphatic heterocycles. The van der Waals surface area contributed by atoms with Crippen molar-refractivity contribution in [2.45, 2.75) is 46.1 Å². The SMILES string of the molecule is CC(=O)OCOC1CC2CC1C1C(C)CC(C)C21. The van der Waals surface area contributed by atoms with Gasteiger partial charge in [0.1, 0.15) is 0 Å². The normalized spacial score (nSPS) is 49.4. The van der Waals surface area contributed by atoms with E-state index in [9.17, 15) is 4.79 Å². The highest BCUT2D eigenvalue weighted by Gasteiger charge is 2.58. The van der Waals surface area contributed by atoms with Crippen molar-refractivity contribution in [3.63, 3.8) is 0 Å². The number of esters is 1. The van der Waals surface area contributed by atoms with Gasteiger partial charge in [-0.1, -0.05) is 13.8 Å². The molecule has 3 aliphatic carbocycles. The van der Waals surface area contributed by atoms with Gasteiger partial charge in [0.2, 0.25) is 0 Å². The van der Waals surface area contributed by atoms with E-state index >= 15 is 0 Å². The van der Waals surface area contributed by atoms with E-state index in [1.807, 2.05) is 0 Å². The third-order valence-corrected chi connectivity index (χ3v) is 5.67. The maximum Gasteiger partial charge on any atom is 0.304 e. The Bertz CT molecular complexity index is 341. The minimum Gasteiger partial charge on any atom is -0.439 e. The summed E-state index contributed by atoms with van der Waals surface area (Å²) in [5, 5.41) is 0. The van der Waals surface area contributed by atoms with Crippen LogP contribution in [0.25, 0.3) is 0 Å². The molecule has 0 aromatic rings. The zero-order valence-corrected chi connectivity index (χ0v) is 11.6. The first-order valence-corrected chi connectivity index (χ1v) is 7.33. The monoisotopic (exact) mass is 252 g/mol. The summed E-state index contributed by atoms with van der Waals surface area (Å²) in [4.78, 5) is 10.8. The van der Waals surface area contributed by atoms with E-state index in [0.29, 0.717) is 6.10 Å². The first-order chi connectivity index (χ1) is 8.58. The maximum atomic E-state index is 10.8. The van der Waals surface area contributed by atoms with Crippen molar-refractivity contribution in [1.82, 2.24) is 0 Å². The van der Waals surface area contributed by atoms with Gasteiger partial charge in [-0.25, -0.2) is 0 Å². The second kappa shape index (κ2) is 4.52. The van der Waals surface area contributed by atoms with E-state index in [2.05, 4.69) is 13.8 Å². The van der Waals surface area contributed by atoms with Crippen molar-refractivity contribution >= 4 is 5.97 Å². The summed E-state index contributed by atoms with van der Waals surface area (Å²) < 4.78 is 10.7. The zero-order valence-electron chi connectivity index (χ0n) is 11.6. The Hall–Kier alpha value is -0.570. The van der Waals surface area contributed by atoms with Crippen LogP contribution in [0.4, 0.5) is 0 Å². The molecule has 0 amide bonds. The predicted molar refractivity (Wildman–Crippen MR) is 67.6 cm³/mol. The lowest BCUT2D eigenvalue weighted by molar-refractivity contribution is -0.162. The van der Waals surface area contributed by atoms with Crippen LogP contribution in [0.15, 0.2) is 0 Å². The fourth-order valence-corrected chi connectivity index (χ4v) is 5.33. The smallest absolute Gasteiger partial charge is 0.304 e. The second-order valence-corrected chi connectivity index (χ2v) is 6.70. The number of hydrogen-bond acceptors (Lipinski definition) is 3. The molecule has 0 heterocycles. The molecule has 102 valence electrons. The van der Waals surface area contributed by atoms with Crippen LogP contribution in [0.2, 0.25) is 0 Å². The van der Waals surface area contributed by atoms with Crippen LogP contribution >= 0.6 is 0 Å². The van der Waals surface area contributed by atoms with Gasteiger partial charge in [0.05, 0.1) is 6.10 Å². The molecule has 3 nitrogen and oxygen atoms in total. The largest absolute Gasteiger partial charge is 0.439 e. The van der Waals surface area contributed by atoms with Crippen molar-refractivity contribution < 1.29 is 14.3 Å². The first kappa shape index (κ1) is 12.5. The summed E-state index contributed by atoms with van der Waals surface area (Å²) >= 11 is 0. The lowest BCUT2D eigenvalue weighted by atomic mass is 9.75. The van der Waals surface area contributed by atoms with E-state index in [1.165, 1.54) is 26.2 Å². The van der Waals surface area contributed by atoms with Crippen LogP contribution in [-0.2, 0) is 14.3 Å². The molecule has 0 saturated heterocycles. The second-order valence-electron chi connectivity index (χ2n) is 6.70. The van der Waals surface area contributed by atoms with Crippen LogP contribution in [0.1, 0.15) is 40.0 Å². The average molecular weight is 252 g/mol. The Morgan fingerprint density at radius 1 is 1.11 bits per heavy atom. The highest BCUT2D eigenvalue weighted by Crippen LogP contribution is 2.63. The van der Waals surface area contributed by atoms with Gasteiger partial charge in [0.15, 0.2) is 6.79 Å². The fourth-order valence-electron chi connectivity index (χ4n) is 5.33. The standard InChI is InChI=1S/C15H24O3/c1-8-4-9(2)15-12-5-11(14(8)15)6-13(12)18-7-17-10(3)16/h8-9,11-15H,4-7H2,1-3H3. The maximum absolute atomic E-state index is 10.8. The molecule has 18 heavy (non-hydrogen) atoms. The summed E-state index contributed by atoms with van der Waals surface area (Å²) in [6.07, 6.45) is 4.25. The van der Waals surface area contributed by atoms with Gasteiger partial charge in [0.25, 0.3) is 0 Å². The van der Waals surface area contributed by atoms with Crippen molar-refractivity contribution in [2.75, 3.05) is 6.79 Å². The lowest BCUT2D eigenvalue weighted by Crippen LogP contribution is -2.34. The van der Waals surface area contributed by atoms with Crippen LogP contribution < -0.4 is 0 Å². The quantitative estimate of drug-likeness (QED) is 0.572.